The number of rotatable bonds is 19. The normalized spacial score (nSPS) is 11.4. The molecule has 28 heavy (non-hydrogen) atoms. The Morgan fingerprint density at radius 1 is 0.786 bits per heavy atom. The number of hydrogen-bond donors (Lipinski definition) is 2. The van der Waals surface area contributed by atoms with Crippen LogP contribution in [0, 0.1) is 5.41 Å². The fourth-order valence-electron chi connectivity index (χ4n) is 3.10. The summed E-state index contributed by atoms with van der Waals surface area (Å²) in [4.78, 5) is 22.9. The molecule has 0 radical (unpaired) electrons. The van der Waals surface area contributed by atoms with Crippen LogP contribution in [0.25, 0.3) is 0 Å². The Morgan fingerprint density at radius 2 is 1.21 bits per heavy atom. The molecule has 0 aliphatic rings. The molecule has 0 aliphatic heterocycles. The number of unbranched alkanes of at least 4 members (excludes halogenated alkanes) is 2. The van der Waals surface area contributed by atoms with Crippen LogP contribution in [0.1, 0.15) is 71.6 Å². The summed E-state index contributed by atoms with van der Waals surface area (Å²) in [6, 6.07) is 0. The molecule has 6 heteroatoms. The highest BCUT2D eigenvalue weighted by molar-refractivity contribution is 5.74. The Morgan fingerprint density at radius 3 is 1.57 bits per heavy atom. The van der Waals surface area contributed by atoms with Gasteiger partial charge in [0.2, 0.25) is 0 Å². The van der Waals surface area contributed by atoms with Crippen molar-refractivity contribution in [2.24, 2.45) is 5.41 Å². The molecule has 162 valence electrons. The molecule has 0 spiro atoms. The van der Waals surface area contributed by atoms with Gasteiger partial charge in [0.05, 0.1) is 18.6 Å². The maximum atomic E-state index is 12.1. The first-order valence-corrected chi connectivity index (χ1v) is 10.1. The van der Waals surface area contributed by atoms with E-state index in [2.05, 4.69) is 13.2 Å². The summed E-state index contributed by atoms with van der Waals surface area (Å²) in [5, 5.41) is 18.8. The second-order valence-electron chi connectivity index (χ2n) is 7.77. The third-order valence-corrected chi connectivity index (χ3v) is 4.58. The minimum Gasteiger partial charge on any atom is -0.481 e. The van der Waals surface area contributed by atoms with E-state index in [1.165, 1.54) is 0 Å². The van der Waals surface area contributed by atoms with E-state index in [4.69, 9.17) is 14.6 Å². The lowest BCUT2D eigenvalue weighted by molar-refractivity contribution is -0.151. The lowest BCUT2D eigenvalue weighted by Gasteiger charge is -2.30. The third-order valence-electron chi connectivity index (χ3n) is 4.58. The van der Waals surface area contributed by atoms with E-state index in [-0.39, 0.29) is 6.42 Å². The Labute approximate surface area is 169 Å². The van der Waals surface area contributed by atoms with Crippen LogP contribution in [0.5, 0.6) is 0 Å². The minimum atomic E-state index is -0.888. The van der Waals surface area contributed by atoms with Crippen molar-refractivity contribution in [3.63, 3.8) is 0 Å². The van der Waals surface area contributed by atoms with E-state index >= 15 is 0 Å². The molecule has 0 aromatic rings. The number of aliphatic carboxylic acids is 2. The first-order chi connectivity index (χ1) is 13.2. The van der Waals surface area contributed by atoms with Gasteiger partial charge in [-0.3, -0.25) is 9.59 Å². The molecule has 0 bridgehead atoms. The average molecular weight is 399 g/mol. The smallest absolute Gasteiger partial charge is 0.309 e. The van der Waals surface area contributed by atoms with Crippen molar-refractivity contribution < 1.29 is 29.3 Å². The highest BCUT2D eigenvalue weighted by Gasteiger charge is 2.36. The van der Waals surface area contributed by atoms with E-state index < -0.39 is 17.4 Å². The SMILES string of the molecule is C=C(C)COCCCCC(CCCCOCC(=C)C)(CCCC(=O)O)C(=O)O. The molecule has 2 N–H and O–H groups in total. The molecule has 0 fully saturated rings. The van der Waals surface area contributed by atoms with Crippen molar-refractivity contribution in [3.05, 3.63) is 24.3 Å². The summed E-state index contributed by atoms with van der Waals surface area (Å²) >= 11 is 0. The number of carbonyl (C=O) groups is 2. The molecule has 0 saturated heterocycles. The standard InChI is InChI=1S/C22H38O6/c1-18(2)16-27-14-7-5-11-22(21(25)26,13-9-10-20(23)24)12-6-8-15-28-17-19(3)4/h1,3,5-17H2,2,4H3,(H,23,24)(H,25,26). The number of ether oxygens (including phenoxy) is 2. The quantitative estimate of drug-likeness (QED) is 0.239. The first kappa shape index (κ1) is 26.3. The van der Waals surface area contributed by atoms with Crippen molar-refractivity contribution in [1.29, 1.82) is 0 Å². The third kappa shape index (κ3) is 13.5. The lowest BCUT2D eigenvalue weighted by atomic mass is 9.74. The molecular weight excluding hydrogens is 360 g/mol. The topological polar surface area (TPSA) is 93.1 Å². The highest BCUT2D eigenvalue weighted by Crippen LogP contribution is 2.37. The van der Waals surface area contributed by atoms with Crippen LogP contribution in [0.3, 0.4) is 0 Å². The molecule has 0 amide bonds. The Bertz CT molecular complexity index is 471. The maximum Gasteiger partial charge on any atom is 0.309 e. The van der Waals surface area contributed by atoms with E-state index in [0.29, 0.717) is 52.1 Å². The predicted molar refractivity (Wildman–Crippen MR) is 111 cm³/mol. The van der Waals surface area contributed by atoms with E-state index in [0.717, 1.165) is 36.8 Å². The van der Waals surface area contributed by atoms with Crippen LogP contribution < -0.4 is 0 Å². The van der Waals surface area contributed by atoms with E-state index in [1.807, 2.05) is 13.8 Å². The Hall–Kier alpha value is -1.66. The van der Waals surface area contributed by atoms with Gasteiger partial charge >= 0.3 is 11.9 Å². The average Bonchev–Trinajstić information content (AvgIpc) is 2.59. The van der Waals surface area contributed by atoms with Crippen molar-refractivity contribution in [1.82, 2.24) is 0 Å². The Kier molecular flexibility index (Phi) is 14.4. The second kappa shape index (κ2) is 15.3. The van der Waals surface area contributed by atoms with Gasteiger partial charge in [0.1, 0.15) is 0 Å². The summed E-state index contributed by atoms with van der Waals surface area (Å²) in [5.41, 5.74) is 1.04. The molecule has 0 atom stereocenters. The Balaban J connectivity index is 4.57. The number of carboxylic acid groups (broad SMARTS) is 2. The zero-order chi connectivity index (χ0) is 21.4. The summed E-state index contributed by atoms with van der Waals surface area (Å²) < 4.78 is 11.0. The summed E-state index contributed by atoms with van der Waals surface area (Å²) in [7, 11) is 0. The maximum absolute atomic E-state index is 12.1. The molecule has 0 aliphatic carbocycles. The minimum absolute atomic E-state index is 0.00151. The monoisotopic (exact) mass is 398 g/mol. The van der Waals surface area contributed by atoms with Gasteiger partial charge in [0.25, 0.3) is 0 Å². The van der Waals surface area contributed by atoms with Crippen molar-refractivity contribution in [3.8, 4) is 0 Å². The zero-order valence-electron chi connectivity index (χ0n) is 17.6. The molecule has 0 unspecified atom stereocenters. The molecule has 0 aromatic heterocycles. The number of hydrogen-bond acceptors (Lipinski definition) is 4. The highest BCUT2D eigenvalue weighted by atomic mass is 16.5. The fourth-order valence-corrected chi connectivity index (χ4v) is 3.10. The van der Waals surface area contributed by atoms with Crippen LogP contribution in [0.4, 0.5) is 0 Å². The molecule has 0 saturated carbocycles. The van der Waals surface area contributed by atoms with Gasteiger partial charge in [-0.25, -0.2) is 0 Å². The van der Waals surface area contributed by atoms with Gasteiger partial charge in [0, 0.05) is 19.6 Å². The van der Waals surface area contributed by atoms with Crippen LogP contribution in [-0.2, 0) is 19.1 Å². The molecule has 0 rings (SSSR count). The van der Waals surface area contributed by atoms with E-state index in [9.17, 15) is 14.7 Å². The van der Waals surface area contributed by atoms with Crippen LogP contribution in [0.2, 0.25) is 0 Å². The predicted octanol–water partition coefficient (Wildman–Crippen LogP) is 4.84. The van der Waals surface area contributed by atoms with Crippen molar-refractivity contribution in [2.45, 2.75) is 71.6 Å². The van der Waals surface area contributed by atoms with Gasteiger partial charge in [-0.15, -0.1) is 0 Å². The van der Waals surface area contributed by atoms with Crippen LogP contribution >= 0.6 is 0 Å². The molecular formula is C22H38O6. The zero-order valence-corrected chi connectivity index (χ0v) is 17.6. The van der Waals surface area contributed by atoms with Crippen LogP contribution in [0.15, 0.2) is 24.3 Å². The first-order valence-electron chi connectivity index (χ1n) is 10.1. The van der Waals surface area contributed by atoms with E-state index in [1.54, 1.807) is 0 Å². The van der Waals surface area contributed by atoms with Gasteiger partial charge < -0.3 is 19.7 Å². The van der Waals surface area contributed by atoms with Gasteiger partial charge in [0.15, 0.2) is 0 Å². The van der Waals surface area contributed by atoms with Gasteiger partial charge in [-0.05, 0) is 52.4 Å². The van der Waals surface area contributed by atoms with Crippen molar-refractivity contribution >= 4 is 11.9 Å². The van der Waals surface area contributed by atoms with Crippen LogP contribution in [-0.4, -0.2) is 48.6 Å². The largest absolute Gasteiger partial charge is 0.481 e. The second-order valence-corrected chi connectivity index (χ2v) is 7.77. The summed E-state index contributed by atoms with van der Waals surface area (Å²) in [6.07, 6.45) is 4.86. The summed E-state index contributed by atoms with van der Waals surface area (Å²) in [6.45, 7) is 13.6. The molecule has 0 heterocycles. The fraction of sp³-hybridized carbons (Fsp3) is 0.727. The lowest BCUT2D eigenvalue weighted by Crippen LogP contribution is -2.31. The molecule has 6 nitrogen and oxygen atoms in total. The number of carboxylic acids is 2. The van der Waals surface area contributed by atoms with Gasteiger partial charge in [-0.2, -0.15) is 0 Å². The summed E-state index contributed by atoms with van der Waals surface area (Å²) in [5.74, 6) is -1.72. The van der Waals surface area contributed by atoms with Crippen molar-refractivity contribution in [2.75, 3.05) is 26.4 Å². The van der Waals surface area contributed by atoms with Gasteiger partial charge in [-0.1, -0.05) is 37.1 Å². The molecule has 0 aromatic carbocycles.